The Morgan fingerprint density at radius 3 is 2.43 bits per heavy atom. The summed E-state index contributed by atoms with van der Waals surface area (Å²) < 4.78 is 14.3. The Balaban J connectivity index is 1.79. The summed E-state index contributed by atoms with van der Waals surface area (Å²) in [7, 11) is 0. The number of benzene rings is 2. The Morgan fingerprint density at radius 1 is 0.967 bits per heavy atom. The number of aryl methyl sites for hydroxylation is 1. The second-order valence-corrected chi connectivity index (χ2v) is 6.78. The maximum absolute atomic E-state index is 14.3. The number of phenolic OH excluding ortho intramolecular Hbond substituents is 1. The van der Waals surface area contributed by atoms with Crippen LogP contribution in [-0.2, 0) is 0 Å². The average Bonchev–Trinajstić information content (AvgIpc) is 2.74. The number of nitrogens with two attached hydrogens (primary N) is 1. The number of nitrogens with zero attached hydrogens (tertiary/aromatic N) is 3. The van der Waals surface area contributed by atoms with E-state index in [1.165, 1.54) is 30.3 Å². The van der Waals surface area contributed by atoms with E-state index >= 15 is 0 Å². The smallest absolute Gasteiger partial charge is 0.221 e. The predicted molar refractivity (Wildman–Crippen MR) is 111 cm³/mol. The lowest BCUT2D eigenvalue weighted by molar-refractivity contribution is 0.103. The predicted octanol–water partition coefficient (Wildman–Crippen LogP) is 4.17. The van der Waals surface area contributed by atoms with Crippen molar-refractivity contribution in [3.63, 3.8) is 0 Å². The summed E-state index contributed by atoms with van der Waals surface area (Å²) in [6.07, 6.45) is 3.25. The number of pyridine rings is 1. The van der Waals surface area contributed by atoms with Crippen molar-refractivity contribution < 1.29 is 14.3 Å². The third-order valence-corrected chi connectivity index (χ3v) is 4.62. The molecule has 0 atom stereocenters. The number of phenols is 1. The molecule has 30 heavy (non-hydrogen) atoms. The molecule has 0 aliphatic carbocycles. The zero-order valence-corrected chi connectivity index (χ0v) is 16.0. The summed E-state index contributed by atoms with van der Waals surface area (Å²) in [6, 6.07) is 13.9. The summed E-state index contributed by atoms with van der Waals surface area (Å²) in [6.45, 7) is 1.75. The largest absolute Gasteiger partial charge is 0.507 e. The van der Waals surface area contributed by atoms with Crippen molar-refractivity contribution in [3.05, 3.63) is 89.5 Å². The van der Waals surface area contributed by atoms with E-state index in [1.54, 1.807) is 43.6 Å². The molecular formula is C23H17FN4O2. The Labute approximate surface area is 171 Å². The SMILES string of the molecule is Cc1ccc(C(=O)c2ccc(O)c(-c3cc(-c4ccncc4)nc(N)n3)c2)c(F)c1. The van der Waals surface area contributed by atoms with Crippen LogP contribution in [0.5, 0.6) is 5.75 Å². The van der Waals surface area contributed by atoms with Gasteiger partial charge in [-0.3, -0.25) is 9.78 Å². The monoisotopic (exact) mass is 400 g/mol. The molecule has 148 valence electrons. The van der Waals surface area contributed by atoms with Crippen LogP contribution >= 0.6 is 0 Å². The van der Waals surface area contributed by atoms with Gasteiger partial charge in [0, 0.05) is 29.1 Å². The van der Waals surface area contributed by atoms with Gasteiger partial charge in [-0.25, -0.2) is 14.4 Å². The first-order chi connectivity index (χ1) is 14.4. The van der Waals surface area contributed by atoms with Gasteiger partial charge in [0.2, 0.25) is 5.95 Å². The minimum absolute atomic E-state index is 0.0139. The Hall–Kier alpha value is -4.13. The highest BCUT2D eigenvalue weighted by Gasteiger charge is 2.18. The van der Waals surface area contributed by atoms with E-state index in [4.69, 9.17) is 5.73 Å². The fourth-order valence-corrected chi connectivity index (χ4v) is 3.12. The van der Waals surface area contributed by atoms with Gasteiger partial charge in [0.1, 0.15) is 11.6 Å². The van der Waals surface area contributed by atoms with Crippen molar-refractivity contribution in [1.29, 1.82) is 0 Å². The molecule has 3 N–H and O–H groups in total. The third-order valence-electron chi connectivity index (χ3n) is 4.62. The number of hydrogen-bond donors (Lipinski definition) is 2. The first kappa shape index (κ1) is 19.2. The molecule has 6 nitrogen and oxygen atoms in total. The molecule has 4 aromatic rings. The number of anilines is 1. The Kier molecular flexibility index (Phi) is 4.93. The van der Waals surface area contributed by atoms with Gasteiger partial charge in [-0.15, -0.1) is 0 Å². The van der Waals surface area contributed by atoms with Crippen molar-refractivity contribution >= 4 is 11.7 Å². The van der Waals surface area contributed by atoms with Gasteiger partial charge in [0.15, 0.2) is 5.78 Å². The number of hydrogen-bond acceptors (Lipinski definition) is 6. The van der Waals surface area contributed by atoms with E-state index < -0.39 is 11.6 Å². The summed E-state index contributed by atoms with van der Waals surface area (Å²) in [4.78, 5) is 25.2. The molecular weight excluding hydrogens is 383 g/mol. The van der Waals surface area contributed by atoms with Gasteiger partial charge in [-0.2, -0.15) is 0 Å². The van der Waals surface area contributed by atoms with Gasteiger partial charge in [0.05, 0.1) is 17.0 Å². The van der Waals surface area contributed by atoms with Gasteiger partial charge >= 0.3 is 0 Å². The van der Waals surface area contributed by atoms with E-state index in [-0.39, 0.29) is 28.4 Å². The average molecular weight is 400 g/mol. The zero-order chi connectivity index (χ0) is 21.3. The van der Waals surface area contributed by atoms with Crippen LogP contribution in [0.4, 0.5) is 10.3 Å². The van der Waals surface area contributed by atoms with Crippen molar-refractivity contribution in [2.24, 2.45) is 0 Å². The number of rotatable bonds is 4. The van der Waals surface area contributed by atoms with Crippen molar-refractivity contribution in [3.8, 4) is 28.3 Å². The minimum Gasteiger partial charge on any atom is -0.507 e. The number of carbonyl (C=O) groups excluding carboxylic acids is 1. The molecule has 0 fully saturated rings. The molecule has 0 saturated carbocycles. The van der Waals surface area contributed by atoms with Crippen LogP contribution in [0.25, 0.3) is 22.5 Å². The third kappa shape index (κ3) is 3.73. The van der Waals surface area contributed by atoms with Gasteiger partial charge in [-0.05, 0) is 61.0 Å². The van der Waals surface area contributed by atoms with Crippen LogP contribution in [0.2, 0.25) is 0 Å². The fraction of sp³-hybridized carbons (Fsp3) is 0.0435. The van der Waals surface area contributed by atoms with E-state index in [1.807, 2.05) is 0 Å². The zero-order valence-electron chi connectivity index (χ0n) is 16.0. The summed E-state index contributed by atoms with van der Waals surface area (Å²) in [5.41, 5.74) is 8.70. The number of halogens is 1. The first-order valence-corrected chi connectivity index (χ1v) is 9.11. The van der Waals surface area contributed by atoms with Crippen LogP contribution < -0.4 is 5.73 Å². The molecule has 0 radical (unpaired) electrons. The molecule has 2 heterocycles. The molecule has 2 aromatic carbocycles. The van der Waals surface area contributed by atoms with E-state index in [9.17, 15) is 14.3 Å². The maximum atomic E-state index is 14.3. The van der Waals surface area contributed by atoms with Crippen molar-refractivity contribution in [2.45, 2.75) is 6.92 Å². The molecule has 4 rings (SSSR count). The molecule has 2 aromatic heterocycles. The quantitative estimate of drug-likeness (QED) is 0.499. The van der Waals surface area contributed by atoms with Crippen molar-refractivity contribution in [2.75, 3.05) is 5.73 Å². The molecule has 0 saturated heterocycles. The topological polar surface area (TPSA) is 102 Å². The molecule has 7 heteroatoms. The number of nitrogen functional groups attached to an aromatic ring is 1. The normalized spacial score (nSPS) is 10.7. The number of aromatic nitrogens is 3. The molecule has 0 aliphatic heterocycles. The lowest BCUT2D eigenvalue weighted by atomic mass is 9.98. The summed E-state index contributed by atoms with van der Waals surface area (Å²) in [5, 5.41) is 10.4. The van der Waals surface area contributed by atoms with E-state index in [0.29, 0.717) is 11.4 Å². The lowest BCUT2D eigenvalue weighted by Crippen LogP contribution is -2.05. The molecule has 0 unspecified atom stereocenters. The maximum Gasteiger partial charge on any atom is 0.221 e. The molecule has 0 bridgehead atoms. The second-order valence-electron chi connectivity index (χ2n) is 6.78. The first-order valence-electron chi connectivity index (χ1n) is 9.11. The van der Waals surface area contributed by atoms with Crippen LogP contribution in [0.15, 0.2) is 67.0 Å². The summed E-state index contributed by atoms with van der Waals surface area (Å²) in [5.74, 6) is -1.17. The molecule has 0 aliphatic rings. The standard InChI is InChI=1S/C23H17FN4O2/c1-13-2-4-16(18(24)10-13)22(30)15-3-5-21(29)17(11-15)20-12-19(27-23(25)28-20)14-6-8-26-9-7-14/h2-12,29H,1H3,(H2,25,27,28). The lowest BCUT2D eigenvalue weighted by Gasteiger charge is -2.10. The highest BCUT2D eigenvalue weighted by atomic mass is 19.1. The fourth-order valence-electron chi connectivity index (χ4n) is 3.12. The van der Waals surface area contributed by atoms with Crippen LogP contribution in [0.3, 0.4) is 0 Å². The van der Waals surface area contributed by atoms with Crippen LogP contribution in [-0.4, -0.2) is 25.8 Å². The number of aromatic hydroxyl groups is 1. The highest BCUT2D eigenvalue weighted by Crippen LogP contribution is 2.32. The Bertz CT molecular complexity index is 1260. The Morgan fingerprint density at radius 2 is 1.70 bits per heavy atom. The van der Waals surface area contributed by atoms with E-state index in [0.717, 1.165) is 11.1 Å². The van der Waals surface area contributed by atoms with Crippen molar-refractivity contribution in [1.82, 2.24) is 15.0 Å². The molecule has 0 spiro atoms. The summed E-state index contributed by atoms with van der Waals surface area (Å²) >= 11 is 0. The van der Waals surface area contributed by atoms with E-state index in [2.05, 4.69) is 15.0 Å². The van der Waals surface area contributed by atoms with Crippen LogP contribution in [0.1, 0.15) is 21.5 Å². The van der Waals surface area contributed by atoms with Gasteiger partial charge in [0.25, 0.3) is 0 Å². The number of ketones is 1. The minimum atomic E-state index is -0.596. The second kappa shape index (κ2) is 7.71. The van der Waals surface area contributed by atoms with Gasteiger partial charge in [-0.1, -0.05) is 6.07 Å². The number of carbonyl (C=O) groups is 1. The van der Waals surface area contributed by atoms with Crippen LogP contribution in [0, 0.1) is 12.7 Å². The van der Waals surface area contributed by atoms with Gasteiger partial charge < -0.3 is 10.8 Å². The highest BCUT2D eigenvalue weighted by molar-refractivity contribution is 6.10. The molecule has 0 amide bonds.